The van der Waals surface area contributed by atoms with E-state index in [1.165, 1.54) is 5.56 Å². The minimum atomic E-state index is -0.0316. The Morgan fingerprint density at radius 2 is 1.81 bits per heavy atom. The zero-order valence-corrected chi connectivity index (χ0v) is 12.8. The Morgan fingerprint density at radius 1 is 1.10 bits per heavy atom. The van der Waals surface area contributed by atoms with Gasteiger partial charge in [-0.05, 0) is 35.7 Å². The summed E-state index contributed by atoms with van der Waals surface area (Å²) in [6.07, 6.45) is 0.940. The molecule has 21 heavy (non-hydrogen) atoms. The molecule has 110 valence electrons. The van der Waals surface area contributed by atoms with Crippen LogP contribution in [-0.2, 0) is 17.8 Å². The van der Waals surface area contributed by atoms with Crippen molar-refractivity contribution in [3.63, 3.8) is 0 Å². The lowest BCUT2D eigenvalue weighted by Crippen LogP contribution is -2.29. The minimum Gasteiger partial charge on any atom is -0.376 e. The third-order valence-corrected chi connectivity index (χ3v) is 3.49. The van der Waals surface area contributed by atoms with Crippen LogP contribution in [0.5, 0.6) is 0 Å². The Hall–Kier alpha value is -2.00. The van der Waals surface area contributed by atoms with E-state index in [0.717, 1.165) is 17.7 Å². The van der Waals surface area contributed by atoms with Crippen LogP contribution in [0.1, 0.15) is 18.1 Å². The molecule has 0 saturated carbocycles. The molecule has 0 spiro atoms. The summed E-state index contributed by atoms with van der Waals surface area (Å²) in [6.45, 7) is 2.87. The van der Waals surface area contributed by atoms with Crippen molar-refractivity contribution >= 4 is 23.2 Å². The van der Waals surface area contributed by atoms with Crippen molar-refractivity contribution in [1.29, 1.82) is 0 Å². The molecule has 0 aliphatic carbocycles. The molecule has 1 amide bonds. The van der Waals surface area contributed by atoms with E-state index in [1.54, 1.807) is 0 Å². The number of halogens is 1. The van der Waals surface area contributed by atoms with Gasteiger partial charge in [0.25, 0.3) is 0 Å². The van der Waals surface area contributed by atoms with E-state index in [4.69, 9.17) is 11.6 Å². The predicted octanol–water partition coefficient (Wildman–Crippen LogP) is 3.63. The van der Waals surface area contributed by atoms with Gasteiger partial charge in [-0.3, -0.25) is 4.79 Å². The number of amides is 1. The van der Waals surface area contributed by atoms with Gasteiger partial charge in [0, 0.05) is 17.3 Å². The van der Waals surface area contributed by atoms with E-state index < -0.39 is 0 Å². The Kier molecular flexibility index (Phi) is 5.64. The van der Waals surface area contributed by atoms with Crippen LogP contribution in [0.3, 0.4) is 0 Å². The molecule has 3 nitrogen and oxygen atoms in total. The summed E-state index contributed by atoms with van der Waals surface area (Å²) in [7, 11) is 0. The van der Waals surface area contributed by atoms with Crippen LogP contribution in [0.15, 0.2) is 48.5 Å². The SMILES string of the molecule is CCc1ccccc1NCC(=O)NCc1ccc(Cl)cc1. The molecule has 0 aliphatic heterocycles. The number of para-hydroxylation sites is 1. The van der Waals surface area contributed by atoms with Crippen LogP contribution in [0.4, 0.5) is 5.69 Å². The molecule has 2 aromatic carbocycles. The van der Waals surface area contributed by atoms with Crippen molar-refractivity contribution in [3.05, 3.63) is 64.7 Å². The van der Waals surface area contributed by atoms with Gasteiger partial charge in [-0.2, -0.15) is 0 Å². The second-order valence-electron chi connectivity index (χ2n) is 4.77. The molecule has 0 aliphatic rings. The number of benzene rings is 2. The van der Waals surface area contributed by atoms with E-state index in [9.17, 15) is 4.79 Å². The molecule has 0 aromatic heterocycles. The fourth-order valence-corrected chi connectivity index (χ4v) is 2.17. The predicted molar refractivity (Wildman–Crippen MR) is 87.6 cm³/mol. The van der Waals surface area contributed by atoms with Crippen LogP contribution in [0.2, 0.25) is 5.02 Å². The Labute approximate surface area is 130 Å². The molecule has 0 radical (unpaired) electrons. The quantitative estimate of drug-likeness (QED) is 0.855. The Morgan fingerprint density at radius 3 is 2.52 bits per heavy atom. The summed E-state index contributed by atoms with van der Waals surface area (Å²) < 4.78 is 0. The monoisotopic (exact) mass is 302 g/mol. The van der Waals surface area contributed by atoms with Gasteiger partial charge in [-0.15, -0.1) is 0 Å². The van der Waals surface area contributed by atoms with E-state index in [1.807, 2.05) is 42.5 Å². The Bertz CT molecular complexity index is 596. The topological polar surface area (TPSA) is 41.1 Å². The van der Waals surface area contributed by atoms with Crippen LogP contribution < -0.4 is 10.6 Å². The lowest BCUT2D eigenvalue weighted by Gasteiger charge is -2.11. The van der Waals surface area contributed by atoms with Crippen LogP contribution in [0.25, 0.3) is 0 Å². The zero-order chi connectivity index (χ0) is 15.1. The highest BCUT2D eigenvalue weighted by Gasteiger charge is 2.03. The third-order valence-electron chi connectivity index (χ3n) is 3.24. The molecule has 0 heterocycles. The maximum absolute atomic E-state index is 11.9. The van der Waals surface area contributed by atoms with Gasteiger partial charge >= 0.3 is 0 Å². The summed E-state index contributed by atoms with van der Waals surface area (Å²) in [5, 5.41) is 6.75. The van der Waals surface area contributed by atoms with Crippen molar-refractivity contribution in [3.8, 4) is 0 Å². The van der Waals surface area contributed by atoms with E-state index >= 15 is 0 Å². The number of hydrogen-bond donors (Lipinski definition) is 2. The standard InChI is InChI=1S/C17H19ClN2O/c1-2-14-5-3-4-6-16(14)19-12-17(21)20-11-13-7-9-15(18)10-8-13/h3-10,19H,2,11-12H2,1H3,(H,20,21). The molecular weight excluding hydrogens is 284 g/mol. The van der Waals surface area contributed by atoms with Gasteiger partial charge in [-0.1, -0.05) is 48.9 Å². The number of carbonyl (C=O) groups is 1. The molecule has 0 saturated heterocycles. The number of anilines is 1. The number of rotatable bonds is 6. The molecule has 2 aromatic rings. The van der Waals surface area contributed by atoms with Crippen molar-refractivity contribution in [1.82, 2.24) is 5.32 Å². The lowest BCUT2D eigenvalue weighted by atomic mass is 10.1. The second-order valence-corrected chi connectivity index (χ2v) is 5.20. The summed E-state index contributed by atoms with van der Waals surface area (Å²) in [5.74, 6) is -0.0316. The first-order valence-electron chi connectivity index (χ1n) is 7.02. The highest BCUT2D eigenvalue weighted by molar-refractivity contribution is 6.30. The summed E-state index contributed by atoms with van der Waals surface area (Å²) in [6, 6.07) is 15.5. The van der Waals surface area contributed by atoms with Gasteiger partial charge in [0.2, 0.25) is 5.91 Å². The number of nitrogens with one attached hydrogen (secondary N) is 2. The third kappa shape index (κ3) is 4.80. The average molecular weight is 303 g/mol. The maximum atomic E-state index is 11.9. The van der Waals surface area contributed by atoms with Gasteiger partial charge in [0.15, 0.2) is 0 Å². The number of aryl methyl sites for hydroxylation is 1. The molecule has 0 unspecified atom stereocenters. The van der Waals surface area contributed by atoms with E-state index in [-0.39, 0.29) is 12.5 Å². The van der Waals surface area contributed by atoms with Gasteiger partial charge in [0.05, 0.1) is 6.54 Å². The fourth-order valence-electron chi connectivity index (χ4n) is 2.04. The van der Waals surface area contributed by atoms with E-state index in [0.29, 0.717) is 11.6 Å². The fraction of sp³-hybridized carbons (Fsp3) is 0.235. The normalized spacial score (nSPS) is 10.2. The first-order chi connectivity index (χ1) is 10.2. The molecule has 0 fully saturated rings. The second kappa shape index (κ2) is 7.70. The first-order valence-corrected chi connectivity index (χ1v) is 7.39. The number of carbonyl (C=O) groups excluding carboxylic acids is 1. The maximum Gasteiger partial charge on any atom is 0.239 e. The number of hydrogen-bond acceptors (Lipinski definition) is 2. The summed E-state index contributed by atoms with van der Waals surface area (Å²) >= 11 is 5.82. The Balaban J connectivity index is 1.81. The average Bonchev–Trinajstić information content (AvgIpc) is 2.52. The molecule has 0 bridgehead atoms. The molecule has 2 rings (SSSR count). The highest BCUT2D eigenvalue weighted by atomic mass is 35.5. The van der Waals surface area contributed by atoms with Crippen molar-refractivity contribution in [2.24, 2.45) is 0 Å². The van der Waals surface area contributed by atoms with E-state index in [2.05, 4.69) is 23.6 Å². The summed E-state index contributed by atoms with van der Waals surface area (Å²) in [4.78, 5) is 11.9. The lowest BCUT2D eigenvalue weighted by molar-refractivity contribution is -0.119. The van der Waals surface area contributed by atoms with Crippen molar-refractivity contribution in [2.75, 3.05) is 11.9 Å². The van der Waals surface area contributed by atoms with Crippen LogP contribution in [-0.4, -0.2) is 12.5 Å². The molecule has 0 atom stereocenters. The van der Waals surface area contributed by atoms with Gasteiger partial charge in [-0.25, -0.2) is 0 Å². The van der Waals surface area contributed by atoms with Crippen LogP contribution >= 0.6 is 11.6 Å². The molecule has 2 N–H and O–H groups in total. The van der Waals surface area contributed by atoms with Gasteiger partial charge < -0.3 is 10.6 Å². The van der Waals surface area contributed by atoms with Crippen LogP contribution in [0, 0.1) is 0 Å². The highest BCUT2D eigenvalue weighted by Crippen LogP contribution is 2.14. The summed E-state index contributed by atoms with van der Waals surface area (Å²) in [5.41, 5.74) is 3.26. The van der Waals surface area contributed by atoms with Crippen molar-refractivity contribution < 1.29 is 4.79 Å². The zero-order valence-electron chi connectivity index (χ0n) is 12.0. The molecule has 4 heteroatoms. The smallest absolute Gasteiger partial charge is 0.239 e. The molecular formula is C17H19ClN2O. The first kappa shape index (κ1) is 15.4. The van der Waals surface area contributed by atoms with Crippen molar-refractivity contribution in [2.45, 2.75) is 19.9 Å². The largest absolute Gasteiger partial charge is 0.376 e. The van der Waals surface area contributed by atoms with Gasteiger partial charge in [0.1, 0.15) is 0 Å². The minimum absolute atomic E-state index is 0.0316.